The lowest BCUT2D eigenvalue weighted by molar-refractivity contribution is -0.137. The Bertz CT molecular complexity index is 1280. The van der Waals surface area contributed by atoms with E-state index in [1.54, 1.807) is 0 Å². The normalized spacial score (nSPS) is 13.2. The number of alkyl halides is 3. The second kappa shape index (κ2) is 9.79. The molecule has 1 aliphatic carbocycles. The number of benzene rings is 2. The Morgan fingerprint density at radius 3 is 2.40 bits per heavy atom. The highest BCUT2D eigenvalue weighted by Crippen LogP contribution is 2.36. The Hall–Kier alpha value is -3.86. The first-order valence-electron chi connectivity index (χ1n) is 10.3. The molecule has 1 heterocycles. The van der Waals surface area contributed by atoms with Crippen molar-refractivity contribution in [1.29, 1.82) is 0 Å². The number of pyridine rings is 1. The largest absolute Gasteiger partial charge is 0.457 e. The Morgan fingerprint density at radius 1 is 0.971 bits per heavy atom. The number of ether oxygens (including phenoxy) is 1. The van der Waals surface area contributed by atoms with E-state index in [0.717, 1.165) is 25.0 Å². The second-order valence-corrected chi connectivity index (χ2v) is 8.06. The van der Waals surface area contributed by atoms with Gasteiger partial charge >= 0.3 is 12.2 Å². The van der Waals surface area contributed by atoms with E-state index in [0.29, 0.717) is 17.6 Å². The van der Waals surface area contributed by atoms with Crippen LogP contribution in [-0.2, 0) is 11.0 Å². The minimum atomic E-state index is -4.70. The molecule has 3 amide bonds. The fourth-order valence-corrected chi connectivity index (χ4v) is 3.24. The lowest BCUT2D eigenvalue weighted by atomic mass is 10.2. The molecule has 1 aromatic heterocycles. The van der Waals surface area contributed by atoms with E-state index in [1.165, 1.54) is 36.5 Å². The molecule has 35 heavy (non-hydrogen) atoms. The molecule has 3 N–H and O–H groups in total. The highest BCUT2D eigenvalue weighted by molar-refractivity contribution is 6.31. The lowest BCUT2D eigenvalue weighted by Gasteiger charge is -2.13. The zero-order valence-corrected chi connectivity index (χ0v) is 18.5. The number of amides is 3. The van der Waals surface area contributed by atoms with Crippen molar-refractivity contribution < 1.29 is 31.9 Å². The van der Waals surface area contributed by atoms with Crippen LogP contribution in [0.3, 0.4) is 0 Å². The van der Waals surface area contributed by atoms with E-state index in [2.05, 4.69) is 20.9 Å². The molecule has 0 unspecified atom stereocenters. The van der Waals surface area contributed by atoms with E-state index >= 15 is 0 Å². The van der Waals surface area contributed by atoms with Crippen molar-refractivity contribution in [2.75, 3.05) is 16.0 Å². The fourth-order valence-electron chi connectivity index (χ4n) is 3.02. The number of urea groups is 1. The van der Waals surface area contributed by atoms with E-state index in [4.69, 9.17) is 16.3 Å². The van der Waals surface area contributed by atoms with Crippen molar-refractivity contribution >= 4 is 40.7 Å². The molecule has 0 aliphatic heterocycles. The number of rotatable bonds is 6. The van der Waals surface area contributed by atoms with E-state index in [9.17, 15) is 27.2 Å². The summed E-state index contributed by atoms with van der Waals surface area (Å²) < 4.78 is 59.0. The van der Waals surface area contributed by atoms with Gasteiger partial charge in [-0.15, -0.1) is 0 Å². The third-order valence-electron chi connectivity index (χ3n) is 4.88. The molecule has 0 bridgehead atoms. The summed E-state index contributed by atoms with van der Waals surface area (Å²) in [5.41, 5.74) is -1.52. The van der Waals surface area contributed by atoms with Crippen LogP contribution in [0.4, 0.5) is 39.5 Å². The summed E-state index contributed by atoms with van der Waals surface area (Å²) in [4.78, 5) is 28.1. The molecule has 0 spiro atoms. The van der Waals surface area contributed by atoms with Crippen LogP contribution in [0.1, 0.15) is 18.4 Å². The number of nitrogens with one attached hydrogen (secondary N) is 3. The van der Waals surface area contributed by atoms with Gasteiger partial charge in [-0.05, 0) is 49.2 Å². The molecule has 3 aromatic rings. The maximum absolute atomic E-state index is 14.5. The number of hydrogen-bond acceptors (Lipinski definition) is 4. The molecule has 1 fully saturated rings. The minimum Gasteiger partial charge on any atom is -0.457 e. The molecule has 1 aliphatic rings. The Kier molecular flexibility index (Phi) is 6.79. The highest BCUT2D eigenvalue weighted by atomic mass is 35.5. The fraction of sp³-hybridized carbons (Fsp3) is 0.174. The zero-order valence-electron chi connectivity index (χ0n) is 17.7. The Labute approximate surface area is 201 Å². The molecule has 0 radical (unpaired) electrons. The van der Waals surface area contributed by atoms with Crippen molar-refractivity contribution in [1.82, 2.24) is 4.98 Å². The standard InChI is InChI=1S/C23H17ClF4N4O3/c24-17-5-3-13(9-16(17)23(26,27)28)30-22(34)31-19-6-4-14(10-18(19)25)35-15-7-8-29-20(11-15)32-21(33)12-1-2-12/h3-12H,1-2H2,(H,29,32,33)(H2,30,31,34). The summed E-state index contributed by atoms with van der Waals surface area (Å²) in [7, 11) is 0. The summed E-state index contributed by atoms with van der Waals surface area (Å²) in [5, 5.41) is 6.58. The SMILES string of the molecule is O=C(Nc1ccc(Cl)c(C(F)(F)F)c1)Nc1ccc(Oc2ccnc(NC(=O)C3CC3)c2)cc1F. The maximum Gasteiger partial charge on any atom is 0.417 e. The van der Waals surface area contributed by atoms with Gasteiger partial charge in [0.25, 0.3) is 0 Å². The van der Waals surface area contributed by atoms with Crippen molar-refractivity contribution in [3.05, 3.63) is 71.1 Å². The summed E-state index contributed by atoms with van der Waals surface area (Å²) in [6.07, 6.45) is -1.59. The van der Waals surface area contributed by atoms with Gasteiger partial charge in [0.05, 0.1) is 16.3 Å². The molecule has 0 saturated heterocycles. The van der Waals surface area contributed by atoms with Crippen LogP contribution >= 0.6 is 11.6 Å². The second-order valence-electron chi connectivity index (χ2n) is 7.66. The zero-order chi connectivity index (χ0) is 25.2. The molecular formula is C23H17ClF4N4O3. The number of nitrogens with zero attached hydrogens (tertiary/aromatic N) is 1. The van der Waals surface area contributed by atoms with Crippen LogP contribution in [0.2, 0.25) is 5.02 Å². The van der Waals surface area contributed by atoms with Gasteiger partial charge in [-0.25, -0.2) is 14.2 Å². The van der Waals surface area contributed by atoms with Gasteiger partial charge in [-0.3, -0.25) is 4.79 Å². The summed E-state index contributed by atoms with van der Waals surface area (Å²) in [6, 6.07) is 8.52. The number of carbonyl (C=O) groups is 2. The van der Waals surface area contributed by atoms with Gasteiger partial charge in [0, 0.05) is 29.9 Å². The predicted octanol–water partition coefficient (Wildman–Crippen LogP) is 6.68. The summed E-state index contributed by atoms with van der Waals surface area (Å²) >= 11 is 5.55. The summed E-state index contributed by atoms with van der Waals surface area (Å²) in [5.74, 6) is -0.271. The van der Waals surface area contributed by atoms with Gasteiger partial charge in [0.2, 0.25) is 5.91 Å². The Balaban J connectivity index is 1.39. The third kappa shape index (κ3) is 6.38. The van der Waals surface area contributed by atoms with Crippen molar-refractivity contribution in [2.24, 2.45) is 5.92 Å². The highest BCUT2D eigenvalue weighted by Gasteiger charge is 2.33. The van der Waals surface area contributed by atoms with E-state index < -0.39 is 28.6 Å². The van der Waals surface area contributed by atoms with Crippen molar-refractivity contribution in [3.63, 3.8) is 0 Å². The van der Waals surface area contributed by atoms with Crippen LogP contribution in [0, 0.1) is 11.7 Å². The molecule has 4 rings (SSSR count). The topological polar surface area (TPSA) is 92.3 Å². The molecule has 0 atom stereocenters. The number of carbonyl (C=O) groups excluding carboxylic acids is 2. The van der Waals surface area contributed by atoms with Crippen molar-refractivity contribution in [2.45, 2.75) is 19.0 Å². The first kappa shape index (κ1) is 24.3. The van der Waals surface area contributed by atoms with Gasteiger partial charge in [-0.2, -0.15) is 13.2 Å². The van der Waals surface area contributed by atoms with E-state index in [-0.39, 0.29) is 28.9 Å². The first-order chi connectivity index (χ1) is 16.6. The maximum atomic E-state index is 14.5. The molecule has 12 heteroatoms. The smallest absolute Gasteiger partial charge is 0.417 e. The van der Waals surface area contributed by atoms with E-state index in [1.807, 2.05) is 0 Å². The quantitative estimate of drug-likeness (QED) is 0.324. The number of hydrogen-bond donors (Lipinski definition) is 3. The van der Waals surface area contributed by atoms with Gasteiger partial charge < -0.3 is 20.7 Å². The van der Waals surface area contributed by atoms with Gasteiger partial charge in [-0.1, -0.05) is 11.6 Å². The molecular weight excluding hydrogens is 492 g/mol. The van der Waals surface area contributed by atoms with Gasteiger partial charge in [0.1, 0.15) is 23.1 Å². The predicted molar refractivity (Wildman–Crippen MR) is 121 cm³/mol. The average molecular weight is 509 g/mol. The molecule has 2 aromatic carbocycles. The van der Waals surface area contributed by atoms with Gasteiger partial charge in [0.15, 0.2) is 0 Å². The molecule has 1 saturated carbocycles. The first-order valence-corrected chi connectivity index (χ1v) is 10.7. The average Bonchev–Trinajstić information content (AvgIpc) is 3.62. The number of anilines is 3. The third-order valence-corrected chi connectivity index (χ3v) is 5.21. The summed E-state index contributed by atoms with van der Waals surface area (Å²) in [6.45, 7) is 0. The van der Waals surface area contributed by atoms with Crippen LogP contribution in [0.5, 0.6) is 11.5 Å². The van der Waals surface area contributed by atoms with Crippen molar-refractivity contribution in [3.8, 4) is 11.5 Å². The Morgan fingerprint density at radius 2 is 1.71 bits per heavy atom. The van der Waals surface area contributed by atoms with Crippen LogP contribution < -0.4 is 20.7 Å². The van der Waals surface area contributed by atoms with Crippen LogP contribution in [-0.4, -0.2) is 16.9 Å². The minimum absolute atomic E-state index is 0.000837. The molecule has 7 nitrogen and oxygen atoms in total. The lowest BCUT2D eigenvalue weighted by Crippen LogP contribution is -2.20. The number of halogens is 5. The number of aromatic nitrogens is 1. The van der Waals surface area contributed by atoms with Crippen LogP contribution in [0.25, 0.3) is 0 Å². The van der Waals surface area contributed by atoms with Crippen LogP contribution in [0.15, 0.2) is 54.7 Å². The molecule has 182 valence electrons. The monoisotopic (exact) mass is 508 g/mol.